The zero-order valence-corrected chi connectivity index (χ0v) is 15.4. The van der Waals surface area contributed by atoms with E-state index in [1.807, 2.05) is 0 Å². The van der Waals surface area contributed by atoms with Gasteiger partial charge in [0.15, 0.2) is 0 Å². The van der Waals surface area contributed by atoms with Gasteiger partial charge in [-0.3, -0.25) is 9.69 Å². The van der Waals surface area contributed by atoms with Gasteiger partial charge in [0.05, 0.1) is 12.8 Å². The number of carboxylic acids is 1. The molecule has 1 aromatic rings. The molecule has 1 heterocycles. The summed E-state index contributed by atoms with van der Waals surface area (Å²) in [4.78, 5) is 36.7. The van der Waals surface area contributed by atoms with Crippen molar-refractivity contribution in [2.24, 2.45) is 0 Å². The Kier molecular flexibility index (Phi) is 6.23. The Morgan fingerprint density at radius 3 is 2.08 bits per heavy atom. The third-order valence-corrected chi connectivity index (χ3v) is 2.73. The smallest absolute Gasteiger partial charge is 0.411 e. The zero-order chi connectivity index (χ0) is 19.4. The third-order valence-electron chi connectivity index (χ3n) is 2.73. The van der Waals surface area contributed by atoms with Crippen LogP contribution in [0.5, 0.6) is 0 Å². The van der Waals surface area contributed by atoms with Gasteiger partial charge in [-0.15, -0.1) is 0 Å². The van der Waals surface area contributed by atoms with Crippen LogP contribution in [-0.4, -0.2) is 45.8 Å². The van der Waals surface area contributed by atoms with Crippen LogP contribution in [0.2, 0.25) is 0 Å². The molecule has 0 aliphatic carbocycles. The molecular formula is C17H25NO7. The van der Waals surface area contributed by atoms with E-state index in [2.05, 4.69) is 0 Å². The standard InChI is InChI=1S/C17H25NO7/c1-16(2,3)24-13(19)8-18(15(22)25-17(4,5)6)7-11-9-23-10-12(11)14(20)21/h9-10H,7-8H2,1-6H3,(H,20,21). The zero-order valence-electron chi connectivity index (χ0n) is 15.4. The monoisotopic (exact) mass is 355 g/mol. The molecule has 0 saturated heterocycles. The van der Waals surface area contributed by atoms with Crippen LogP contribution in [-0.2, 0) is 20.8 Å². The first kappa shape index (κ1) is 20.5. The van der Waals surface area contributed by atoms with Crippen LogP contribution in [0.3, 0.4) is 0 Å². The van der Waals surface area contributed by atoms with Crippen LogP contribution in [0.4, 0.5) is 4.79 Å². The van der Waals surface area contributed by atoms with Gasteiger partial charge in [-0.1, -0.05) is 0 Å². The number of nitrogens with zero attached hydrogens (tertiary/aromatic N) is 1. The fourth-order valence-electron chi connectivity index (χ4n) is 1.88. The predicted molar refractivity (Wildman–Crippen MR) is 88.2 cm³/mol. The van der Waals surface area contributed by atoms with Crippen LogP contribution in [0.15, 0.2) is 16.9 Å². The molecular weight excluding hydrogens is 330 g/mol. The molecule has 1 rings (SSSR count). The van der Waals surface area contributed by atoms with E-state index in [1.54, 1.807) is 41.5 Å². The maximum absolute atomic E-state index is 12.4. The first-order chi connectivity index (χ1) is 11.3. The SMILES string of the molecule is CC(C)(C)OC(=O)CN(Cc1cocc1C(=O)O)C(=O)OC(C)(C)C. The highest BCUT2D eigenvalue weighted by Gasteiger charge is 2.28. The van der Waals surface area contributed by atoms with Gasteiger partial charge in [0.25, 0.3) is 0 Å². The van der Waals surface area contributed by atoms with Crippen molar-refractivity contribution in [3.8, 4) is 0 Å². The van der Waals surface area contributed by atoms with Crippen LogP contribution < -0.4 is 0 Å². The second-order valence-corrected chi connectivity index (χ2v) is 7.54. The van der Waals surface area contributed by atoms with Crippen molar-refractivity contribution in [1.82, 2.24) is 4.90 Å². The van der Waals surface area contributed by atoms with Gasteiger partial charge in [-0.05, 0) is 41.5 Å². The van der Waals surface area contributed by atoms with Gasteiger partial charge in [0, 0.05) is 5.56 Å². The molecule has 0 radical (unpaired) electrons. The molecule has 1 N–H and O–H groups in total. The summed E-state index contributed by atoms with van der Waals surface area (Å²) < 4.78 is 15.4. The summed E-state index contributed by atoms with van der Waals surface area (Å²) in [7, 11) is 0. The minimum Gasteiger partial charge on any atom is -0.478 e. The molecule has 25 heavy (non-hydrogen) atoms. The highest BCUT2D eigenvalue weighted by atomic mass is 16.6. The van der Waals surface area contributed by atoms with Crippen molar-refractivity contribution in [3.05, 3.63) is 23.7 Å². The quantitative estimate of drug-likeness (QED) is 0.809. The van der Waals surface area contributed by atoms with Crippen LogP contribution in [0.25, 0.3) is 0 Å². The Labute approximate surface area is 146 Å². The summed E-state index contributed by atoms with van der Waals surface area (Å²) in [5.74, 6) is -1.82. The van der Waals surface area contributed by atoms with Crippen LogP contribution in [0.1, 0.15) is 57.5 Å². The van der Waals surface area contributed by atoms with Crippen molar-refractivity contribution in [2.45, 2.75) is 59.3 Å². The summed E-state index contributed by atoms with van der Waals surface area (Å²) in [5.41, 5.74) is -1.31. The van der Waals surface area contributed by atoms with E-state index in [0.717, 1.165) is 11.2 Å². The van der Waals surface area contributed by atoms with E-state index in [1.165, 1.54) is 6.26 Å². The summed E-state index contributed by atoms with van der Waals surface area (Å²) >= 11 is 0. The molecule has 0 aliphatic heterocycles. The molecule has 8 heteroatoms. The second-order valence-electron chi connectivity index (χ2n) is 7.54. The lowest BCUT2D eigenvalue weighted by atomic mass is 10.2. The fourth-order valence-corrected chi connectivity index (χ4v) is 1.88. The van der Waals surface area contributed by atoms with Crippen molar-refractivity contribution in [2.75, 3.05) is 6.54 Å². The number of hydrogen-bond donors (Lipinski definition) is 1. The van der Waals surface area contributed by atoms with Gasteiger partial charge in [0.1, 0.15) is 29.6 Å². The van der Waals surface area contributed by atoms with Crippen molar-refractivity contribution < 1.29 is 33.4 Å². The van der Waals surface area contributed by atoms with Gasteiger partial charge in [0.2, 0.25) is 0 Å². The Hall–Kier alpha value is -2.51. The van der Waals surface area contributed by atoms with Gasteiger partial charge in [-0.2, -0.15) is 0 Å². The average molecular weight is 355 g/mol. The summed E-state index contributed by atoms with van der Waals surface area (Å²) in [6.45, 7) is 9.66. The largest absolute Gasteiger partial charge is 0.478 e. The summed E-state index contributed by atoms with van der Waals surface area (Å²) in [5, 5.41) is 9.14. The van der Waals surface area contributed by atoms with Gasteiger partial charge >= 0.3 is 18.0 Å². The lowest BCUT2D eigenvalue weighted by Crippen LogP contribution is -2.41. The highest BCUT2D eigenvalue weighted by molar-refractivity contribution is 5.89. The first-order valence-corrected chi connectivity index (χ1v) is 7.76. The third kappa shape index (κ3) is 7.28. The van der Waals surface area contributed by atoms with E-state index in [-0.39, 0.29) is 24.2 Å². The maximum Gasteiger partial charge on any atom is 0.411 e. The number of amides is 1. The predicted octanol–water partition coefficient (Wildman–Crippen LogP) is 3.06. The number of carbonyl (C=O) groups is 3. The summed E-state index contributed by atoms with van der Waals surface area (Å²) in [6.07, 6.45) is 1.53. The van der Waals surface area contributed by atoms with E-state index >= 15 is 0 Å². The second kappa shape index (κ2) is 7.58. The van der Waals surface area contributed by atoms with Crippen molar-refractivity contribution in [1.29, 1.82) is 0 Å². The molecule has 140 valence electrons. The number of furan rings is 1. The minimum absolute atomic E-state index is 0.0854. The Morgan fingerprint density at radius 2 is 1.60 bits per heavy atom. The topological polar surface area (TPSA) is 106 Å². The Balaban J connectivity index is 2.98. The van der Waals surface area contributed by atoms with Gasteiger partial charge in [-0.25, -0.2) is 9.59 Å². The van der Waals surface area contributed by atoms with Gasteiger partial charge < -0.3 is 19.0 Å². The number of hydrogen-bond acceptors (Lipinski definition) is 6. The summed E-state index contributed by atoms with van der Waals surface area (Å²) in [6, 6.07) is 0. The molecule has 0 aliphatic rings. The average Bonchev–Trinajstić information content (AvgIpc) is 2.81. The molecule has 1 amide bonds. The Bertz CT molecular complexity index is 634. The first-order valence-electron chi connectivity index (χ1n) is 7.76. The number of esters is 1. The molecule has 8 nitrogen and oxygen atoms in total. The number of carboxylic acid groups (broad SMARTS) is 1. The number of carbonyl (C=O) groups excluding carboxylic acids is 2. The van der Waals surface area contributed by atoms with E-state index in [4.69, 9.17) is 19.0 Å². The number of rotatable bonds is 5. The normalized spacial score (nSPS) is 11.8. The van der Waals surface area contributed by atoms with E-state index in [9.17, 15) is 14.4 Å². The molecule has 0 aromatic carbocycles. The molecule has 0 fully saturated rings. The molecule has 0 bridgehead atoms. The molecule has 0 atom stereocenters. The van der Waals surface area contributed by atoms with Crippen molar-refractivity contribution >= 4 is 18.0 Å². The molecule has 0 spiro atoms. The molecule has 1 aromatic heterocycles. The Morgan fingerprint density at radius 1 is 1.04 bits per heavy atom. The lowest BCUT2D eigenvalue weighted by Gasteiger charge is -2.28. The maximum atomic E-state index is 12.4. The highest BCUT2D eigenvalue weighted by Crippen LogP contribution is 2.17. The fraction of sp³-hybridized carbons (Fsp3) is 0.588. The van der Waals surface area contributed by atoms with E-state index in [0.29, 0.717) is 0 Å². The van der Waals surface area contributed by atoms with Crippen molar-refractivity contribution in [3.63, 3.8) is 0 Å². The van der Waals surface area contributed by atoms with E-state index < -0.39 is 29.2 Å². The molecule has 0 saturated carbocycles. The molecule has 0 unspecified atom stereocenters. The number of ether oxygens (including phenoxy) is 2. The van der Waals surface area contributed by atoms with Crippen LogP contribution >= 0.6 is 0 Å². The number of aromatic carboxylic acids is 1. The lowest BCUT2D eigenvalue weighted by molar-refractivity contribution is -0.156. The van der Waals surface area contributed by atoms with Crippen LogP contribution in [0, 0.1) is 0 Å². The minimum atomic E-state index is -1.19.